The van der Waals surface area contributed by atoms with E-state index in [4.69, 9.17) is 16.3 Å². The van der Waals surface area contributed by atoms with Crippen LogP contribution in [0.15, 0.2) is 53.9 Å². The van der Waals surface area contributed by atoms with Gasteiger partial charge in [-0.3, -0.25) is 9.59 Å². The Morgan fingerprint density at radius 2 is 1.90 bits per heavy atom. The number of aromatic nitrogens is 3. The zero-order valence-corrected chi connectivity index (χ0v) is 18.0. The Morgan fingerprint density at radius 1 is 1.13 bits per heavy atom. The van der Waals surface area contributed by atoms with Crippen molar-refractivity contribution in [1.82, 2.24) is 19.9 Å². The van der Waals surface area contributed by atoms with Crippen LogP contribution in [0, 0.1) is 0 Å². The van der Waals surface area contributed by atoms with Crippen molar-refractivity contribution in [1.29, 1.82) is 0 Å². The van der Waals surface area contributed by atoms with Crippen molar-refractivity contribution in [3.63, 3.8) is 0 Å². The fourth-order valence-electron chi connectivity index (χ4n) is 2.93. The van der Waals surface area contributed by atoms with Crippen molar-refractivity contribution in [2.24, 2.45) is 0 Å². The molecule has 0 atom stereocenters. The van der Waals surface area contributed by atoms with Crippen LogP contribution in [-0.4, -0.2) is 40.1 Å². The van der Waals surface area contributed by atoms with E-state index in [-0.39, 0.29) is 6.54 Å². The van der Waals surface area contributed by atoms with Crippen LogP contribution in [0.4, 0.5) is 5.69 Å². The molecule has 0 saturated heterocycles. The predicted molar refractivity (Wildman–Crippen MR) is 120 cm³/mol. The van der Waals surface area contributed by atoms with Gasteiger partial charge in [0.15, 0.2) is 5.82 Å². The maximum atomic E-state index is 12.2. The van der Waals surface area contributed by atoms with Gasteiger partial charge in [-0.25, -0.2) is 4.52 Å². The summed E-state index contributed by atoms with van der Waals surface area (Å²) >= 11 is 7.40. The zero-order chi connectivity index (χ0) is 21.8. The first-order valence-corrected chi connectivity index (χ1v) is 10.6. The summed E-state index contributed by atoms with van der Waals surface area (Å²) in [5.74, 6) is -0.402. The molecule has 4 rings (SSSR count). The number of methoxy groups -OCH3 is 1. The molecular formula is C21H18ClN5O3S. The smallest absolute Gasteiger partial charge is 0.313 e. The number of fused-ring (bicyclic) bond motifs is 1. The Balaban J connectivity index is 1.36. The molecule has 158 valence electrons. The number of carbonyl (C=O) groups is 2. The molecule has 4 aromatic rings. The van der Waals surface area contributed by atoms with Crippen molar-refractivity contribution in [2.45, 2.75) is 6.42 Å². The Kier molecular flexibility index (Phi) is 6.15. The molecule has 2 aromatic carbocycles. The van der Waals surface area contributed by atoms with E-state index in [2.05, 4.69) is 20.7 Å². The van der Waals surface area contributed by atoms with Gasteiger partial charge in [0.05, 0.1) is 18.5 Å². The van der Waals surface area contributed by atoms with Crippen LogP contribution >= 0.6 is 22.9 Å². The minimum absolute atomic E-state index is 0.278. The van der Waals surface area contributed by atoms with E-state index in [0.29, 0.717) is 28.7 Å². The number of rotatable bonds is 6. The molecule has 2 heterocycles. The van der Waals surface area contributed by atoms with Gasteiger partial charge in [-0.1, -0.05) is 23.7 Å². The highest BCUT2D eigenvalue weighted by Crippen LogP contribution is 2.23. The quantitative estimate of drug-likeness (QED) is 0.434. The van der Waals surface area contributed by atoms with Crippen molar-refractivity contribution in [2.75, 3.05) is 19.0 Å². The van der Waals surface area contributed by atoms with E-state index >= 15 is 0 Å². The maximum absolute atomic E-state index is 12.2. The molecule has 0 fully saturated rings. The number of nitrogens with zero attached hydrogens (tertiary/aromatic N) is 3. The molecule has 0 aliphatic carbocycles. The summed E-state index contributed by atoms with van der Waals surface area (Å²) in [6, 6.07) is 14.2. The van der Waals surface area contributed by atoms with E-state index in [1.807, 2.05) is 17.5 Å². The van der Waals surface area contributed by atoms with Gasteiger partial charge in [-0.2, -0.15) is 4.98 Å². The lowest BCUT2D eigenvalue weighted by atomic mass is 10.2. The molecular weight excluding hydrogens is 438 g/mol. The van der Waals surface area contributed by atoms with Crippen molar-refractivity contribution < 1.29 is 14.3 Å². The molecule has 0 aliphatic heterocycles. The third-order valence-electron chi connectivity index (χ3n) is 4.48. The molecule has 0 spiro atoms. The number of thiazole rings is 1. The van der Waals surface area contributed by atoms with E-state index in [9.17, 15) is 9.59 Å². The molecule has 2 N–H and O–H groups in total. The standard InChI is InChI=1S/C21H18ClN5O3S/c1-30-17-5-3-2-4-16(17)24-20(29)19(28)23-11-10-15-12-31-21-25-18(26-27(15)21)13-6-8-14(22)9-7-13/h2-9,12H,10-11H2,1H3,(H,23,28)(H,24,29). The lowest BCUT2D eigenvalue weighted by Gasteiger charge is -2.09. The maximum Gasteiger partial charge on any atom is 0.313 e. The number of anilines is 1. The molecule has 2 aromatic heterocycles. The SMILES string of the molecule is COc1ccccc1NC(=O)C(=O)NCCc1csc2nc(-c3ccc(Cl)cc3)nn12. The first-order valence-electron chi connectivity index (χ1n) is 9.36. The van der Waals surface area contributed by atoms with Gasteiger partial charge in [-0.05, 0) is 36.4 Å². The second-order valence-corrected chi connectivity index (χ2v) is 7.80. The van der Waals surface area contributed by atoms with Crippen molar-refractivity contribution in [3.8, 4) is 17.1 Å². The molecule has 0 saturated carbocycles. The Morgan fingerprint density at radius 3 is 2.68 bits per heavy atom. The van der Waals surface area contributed by atoms with E-state index in [0.717, 1.165) is 16.2 Å². The van der Waals surface area contributed by atoms with Gasteiger partial charge < -0.3 is 15.4 Å². The number of hydrogen-bond acceptors (Lipinski definition) is 6. The molecule has 0 radical (unpaired) electrons. The monoisotopic (exact) mass is 455 g/mol. The summed E-state index contributed by atoms with van der Waals surface area (Å²) < 4.78 is 6.91. The summed E-state index contributed by atoms with van der Waals surface area (Å²) in [6.07, 6.45) is 0.497. The highest BCUT2D eigenvalue weighted by molar-refractivity contribution is 7.15. The second-order valence-electron chi connectivity index (χ2n) is 6.52. The van der Waals surface area contributed by atoms with E-state index in [1.54, 1.807) is 40.9 Å². The van der Waals surface area contributed by atoms with E-state index < -0.39 is 11.8 Å². The minimum Gasteiger partial charge on any atom is -0.495 e. The molecule has 31 heavy (non-hydrogen) atoms. The summed E-state index contributed by atoms with van der Waals surface area (Å²) in [7, 11) is 1.50. The average molecular weight is 456 g/mol. The van der Waals surface area contributed by atoms with Crippen LogP contribution in [0.3, 0.4) is 0 Å². The van der Waals surface area contributed by atoms with Gasteiger partial charge in [0.1, 0.15) is 5.75 Å². The fourth-order valence-corrected chi connectivity index (χ4v) is 3.91. The van der Waals surface area contributed by atoms with Crippen molar-refractivity contribution >= 4 is 45.4 Å². The highest BCUT2D eigenvalue weighted by Gasteiger charge is 2.16. The molecule has 2 amide bonds. The number of benzene rings is 2. The molecule has 10 heteroatoms. The second kappa shape index (κ2) is 9.15. The lowest BCUT2D eigenvalue weighted by molar-refractivity contribution is -0.136. The zero-order valence-electron chi connectivity index (χ0n) is 16.5. The van der Waals surface area contributed by atoms with Gasteiger partial charge >= 0.3 is 11.8 Å². The van der Waals surface area contributed by atoms with Crippen molar-refractivity contribution in [3.05, 3.63) is 64.6 Å². The summed E-state index contributed by atoms with van der Waals surface area (Å²) in [5.41, 5.74) is 2.19. The summed E-state index contributed by atoms with van der Waals surface area (Å²) in [5, 5.41) is 12.3. The first-order chi connectivity index (χ1) is 15.0. The fraction of sp³-hybridized carbons (Fsp3) is 0.143. The summed E-state index contributed by atoms with van der Waals surface area (Å²) in [6.45, 7) is 0.278. The number of amides is 2. The molecule has 8 nitrogen and oxygen atoms in total. The number of hydrogen-bond donors (Lipinski definition) is 2. The minimum atomic E-state index is -0.759. The van der Waals surface area contributed by atoms with Gasteiger partial charge in [-0.15, -0.1) is 16.4 Å². The third-order valence-corrected chi connectivity index (χ3v) is 5.60. The Labute approximate surface area is 186 Å². The molecule has 0 bridgehead atoms. The largest absolute Gasteiger partial charge is 0.495 e. The average Bonchev–Trinajstić information content (AvgIpc) is 3.36. The molecule has 0 unspecified atom stereocenters. The van der Waals surface area contributed by atoms with Crippen LogP contribution in [0.1, 0.15) is 5.69 Å². The number of nitrogens with one attached hydrogen (secondary N) is 2. The predicted octanol–water partition coefficient (Wildman–Crippen LogP) is 3.42. The number of carbonyl (C=O) groups excluding carboxylic acids is 2. The van der Waals surface area contributed by atoms with Crippen LogP contribution in [-0.2, 0) is 16.0 Å². The topological polar surface area (TPSA) is 97.6 Å². The number of para-hydroxylation sites is 2. The third kappa shape index (κ3) is 4.68. The van der Waals surface area contributed by atoms with E-state index in [1.165, 1.54) is 18.4 Å². The van der Waals surface area contributed by atoms with Crippen LogP contribution in [0.25, 0.3) is 16.3 Å². The lowest BCUT2D eigenvalue weighted by Crippen LogP contribution is -2.36. The van der Waals surface area contributed by atoms with Gasteiger partial charge in [0.2, 0.25) is 4.96 Å². The normalized spacial score (nSPS) is 10.8. The van der Waals surface area contributed by atoms with Crippen LogP contribution in [0.2, 0.25) is 5.02 Å². The summed E-state index contributed by atoms with van der Waals surface area (Å²) in [4.78, 5) is 29.6. The van der Waals surface area contributed by atoms with Gasteiger partial charge in [0.25, 0.3) is 0 Å². The van der Waals surface area contributed by atoms with Crippen LogP contribution < -0.4 is 15.4 Å². The first kappa shape index (κ1) is 20.8. The Hall–Kier alpha value is -3.43. The van der Waals surface area contributed by atoms with Crippen LogP contribution in [0.5, 0.6) is 5.75 Å². The Bertz CT molecular complexity index is 1240. The molecule has 0 aliphatic rings. The number of ether oxygens (including phenoxy) is 1. The number of halogens is 1. The van der Waals surface area contributed by atoms with Gasteiger partial charge in [0, 0.05) is 28.9 Å². The highest BCUT2D eigenvalue weighted by atomic mass is 35.5.